The normalized spacial score (nSPS) is 16.9. The van der Waals surface area contributed by atoms with Crippen molar-refractivity contribution in [3.8, 4) is 11.5 Å². The van der Waals surface area contributed by atoms with Gasteiger partial charge in [-0.05, 0) is 29.6 Å². The predicted molar refractivity (Wildman–Crippen MR) is 68.7 cm³/mol. The summed E-state index contributed by atoms with van der Waals surface area (Å²) in [6.07, 6.45) is 1.12. The van der Waals surface area contributed by atoms with Gasteiger partial charge in [0, 0.05) is 6.07 Å². The maximum Gasteiger partial charge on any atom is 0.314 e. The third-order valence-electron chi connectivity index (χ3n) is 2.39. The summed E-state index contributed by atoms with van der Waals surface area (Å²) in [4.78, 5) is 10.0. The summed E-state index contributed by atoms with van der Waals surface area (Å²) in [5.74, 6) is 0.922. The van der Waals surface area contributed by atoms with Crippen LogP contribution in [0.25, 0.3) is 0 Å². The Morgan fingerprint density at radius 3 is 2.53 bits per heavy atom. The first kappa shape index (κ1) is 12.4. The molecule has 1 saturated heterocycles. The SMILES string of the molecule is O=[N+]([O-])c1cc(C2SCCCS2)cc(O)c1O. The van der Waals surface area contributed by atoms with Crippen LogP contribution in [0.5, 0.6) is 11.5 Å². The fourth-order valence-corrected chi connectivity index (χ4v) is 4.43. The molecule has 7 heteroatoms. The molecule has 1 fully saturated rings. The van der Waals surface area contributed by atoms with E-state index in [1.54, 1.807) is 23.5 Å². The Labute approximate surface area is 106 Å². The first-order chi connectivity index (χ1) is 8.09. The third kappa shape index (κ3) is 2.61. The number of phenols is 2. The lowest BCUT2D eigenvalue weighted by atomic mass is 10.2. The molecule has 1 aliphatic heterocycles. The van der Waals surface area contributed by atoms with Crippen LogP contribution in [0, 0.1) is 10.1 Å². The number of nitro benzene ring substituents is 1. The van der Waals surface area contributed by atoms with Gasteiger partial charge in [-0.25, -0.2) is 0 Å². The van der Waals surface area contributed by atoms with Crippen LogP contribution < -0.4 is 0 Å². The van der Waals surface area contributed by atoms with Crippen molar-refractivity contribution in [2.45, 2.75) is 11.0 Å². The van der Waals surface area contributed by atoms with Gasteiger partial charge in [-0.2, -0.15) is 0 Å². The van der Waals surface area contributed by atoms with Gasteiger partial charge in [-0.3, -0.25) is 10.1 Å². The number of hydrogen-bond acceptors (Lipinski definition) is 6. The smallest absolute Gasteiger partial charge is 0.314 e. The highest BCUT2D eigenvalue weighted by Crippen LogP contribution is 2.47. The van der Waals surface area contributed by atoms with Crippen molar-refractivity contribution < 1.29 is 15.1 Å². The van der Waals surface area contributed by atoms with Crippen LogP contribution in [-0.2, 0) is 0 Å². The average molecular weight is 273 g/mol. The molecule has 1 aliphatic rings. The van der Waals surface area contributed by atoms with Crippen LogP contribution in [-0.4, -0.2) is 26.6 Å². The molecule has 17 heavy (non-hydrogen) atoms. The van der Waals surface area contributed by atoms with Gasteiger partial charge in [-0.15, -0.1) is 23.5 Å². The summed E-state index contributed by atoms with van der Waals surface area (Å²) in [7, 11) is 0. The molecule has 0 radical (unpaired) electrons. The maximum absolute atomic E-state index is 10.7. The second-order valence-electron chi connectivity index (χ2n) is 3.59. The summed E-state index contributed by atoms with van der Waals surface area (Å²) in [6.45, 7) is 0. The van der Waals surface area contributed by atoms with E-state index < -0.39 is 22.1 Å². The Hall–Kier alpha value is -1.08. The predicted octanol–water partition coefficient (Wildman–Crippen LogP) is 2.87. The molecule has 0 bridgehead atoms. The molecule has 0 unspecified atom stereocenters. The molecule has 0 atom stereocenters. The molecular formula is C10H11NO4S2. The Kier molecular flexibility index (Phi) is 3.68. The number of hydrogen-bond donors (Lipinski definition) is 2. The number of phenolic OH excluding ortho intramolecular Hbond substituents is 2. The summed E-state index contributed by atoms with van der Waals surface area (Å²) in [6, 6.07) is 2.74. The van der Waals surface area contributed by atoms with Gasteiger partial charge in [0.1, 0.15) is 0 Å². The molecule has 0 aliphatic carbocycles. The number of nitrogens with zero attached hydrogens (tertiary/aromatic N) is 1. The van der Waals surface area contributed by atoms with Crippen molar-refractivity contribution in [2.24, 2.45) is 0 Å². The van der Waals surface area contributed by atoms with E-state index in [-0.39, 0.29) is 4.58 Å². The highest BCUT2D eigenvalue weighted by Gasteiger charge is 2.24. The molecule has 1 aromatic rings. The number of benzene rings is 1. The largest absolute Gasteiger partial charge is 0.504 e. The minimum atomic E-state index is -0.684. The molecule has 0 aromatic heterocycles. The topological polar surface area (TPSA) is 83.6 Å². The molecule has 92 valence electrons. The zero-order valence-electron chi connectivity index (χ0n) is 8.83. The van der Waals surface area contributed by atoms with Gasteiger partial charge >= 0.3 is 5.69 Å². The Morgan fingerprint density at radius 2 is 1.94 bits per heavy atom. The van der Waals surface area contributed by atoms with E-state index in [0.29, 0.717) is 5.56 Å². The molecule has 0 amide bonds. The van der Waals surface area contributed by atoms with Crippen molar-refractivity contribution >= 4 is 29.2 Å². The number of thioether (sulfide) groups is 2. The van der Waals surface area contributed by atoms with Crippen LogP contribution in [0.15, 0.2) is 12.1 Å². The summed E-state index contributed by atoms with van der Waals surface area (Å²) < 4.78 is 0.0916. The van der Waals surface area contributed by atoms with E-state index in [1.165, 1.54) is 12.1 Å². The van der Waals surface area contributed by atoms with E-state index in [1.807, 2.05) is 0 Å². The van der Waals surface area contributed by atoms with Gasteiger partial charge in [0.05, 0.1) is 9.51 Å². The van der Waals surface area contributed by atoms with Crippen molar-refractivity contribution in [3.63, 3.8) is 0 Å². The maximum atomic E-state index is 10.7. The molecule has 2 rings (SSSR count). The van der Waals surface area contributed by atoms with Gasteiger partial charge < -0.3 is 10.2 Å². The second-order valence-corrected chi connectivity index (χ2v) is 6.32. The van der Waals surface area contributed by atoms with E-state index in [0.717, 1.165) is 17.9 Å². The molecule has 2 N–H and O–H groups in total. The van der Waals surface area contributed by atoms with Crippen LogP contribution in [0.2, 0.25) is 0 Å². The zero-order chi connectivity index (χ0) is 12.4. The molecule has 1 aromatic carbocycles. The van der Waals surface area contributed by atoms with Gasteiger partial charge in [0.2, 0.25) is 5.75 Å². The van der Waals surface area contributed by atoms with Gasteiger partial charge in [0.25, 0.3) is 0 Å². The fourth-order valence-electron chi connectivity index (χ4n) is 1.58. The lowest BCUT2D eigenvalue weighted by molar-refractivity contribution is -0.386. The molecule has 0 spiro atoms. The van der Waals surface area contributed by atoms with Gasteiger partial charge in [0.15, 0.2) is 5.75 Å². The molecule has 1 heterocycles. The standard InChI is InChI=1S/C10H11NO4S2/c12-8-5-6(10-16-2-1-3-17-10)4-7(9(8)13)11(14)15/h4-5,10,12-13H,1-3H2. The first-order valence-corrected chi connectivity index (χ1v) is 7.13. The Morgan fingerprint density at radius 1 is 1.29 bits per heavy atom. The Bertz CT molecular complexity index is 446. The fraction of sp³-hybridized carbons (Fsp3) is 0.400. The minimum absolute atomic E-state index is 0.0916. The van der Waals surface area contributed by atoms with E-state index >= 15 is 0 Å². The number of rotatable bonds is 2. The molecule has 0 saturated carbocycles. The second kappa shape index (κ2) is 5.05. The van der Waals surface area contributed by atoms with Crippen LogP contribution in [0.1, 0.15) is 16.6 Å². The van der Waals surface area contributed by atoms with Crippen molar-refractivity contribution in [2.75, 3.05) is 11.5 Å². The highest BCUT2D eigenvalue weighted by molar-refractivity contribution is 8.16. The highest BCUT2D eigenvalue weighted by atomic mass is 32.2. The number of nitro groups is 1. The summed E-state index contributed by atoms with van der Waals surface area (Å²) in [5.41, 5.74) is 0.244. The third-order valence-corrected chi connectivity index (χ3v) is 5.40. The van der Waals surface area contributed by atoms with Crippen molar-refractivity contribution in [3.05, 3.63) is 27.8 Å². The number of aromatic hydroxyl groups is 2. The first-order valence-electron chi connectivity index (χ1n) is 5.03. The van der Waals surface area contributed by atoms with Crippen LogP contribution >= 0.6 is 23.5 Å². The van der Waals surface area contributed by atoms with E-state index in [2.05, 4.69) is 0 Å². The molecule has 5 nitrogen and oxygen atoms in total. The Balaban J connectivity index is 2.37. The van der Waals surface area contributed by atoms with E-state index in [4.69, 9.17) is 0 Å². The summed E-state index contributed by atoms with van der Waals surface area (Å²) in [5, 5.41) is 29.6. The van der Waals surface area contributed by atoms with Crippen molar-refractivity contribution in [1.29, 1.82) is 0 Å². The van der Waals surface area contributed by atoms with Crippen LogP contribution in [0.3, 0.4) is 0 Å². The van der Waals surface area contributed by atoms with E-state index in [9.17, 15) is 20.3 Å². The monoisotopic (exact) mass is 273 g/mol. The zero-order valence-corrected chi connectivity index (χ0v) is 10.5. The lowest BCUT2D eigenvalue weighted by Crippen LogP contribution is -2.01. The van der Waals surface area contributed by atoms with Gasteiger partial charge in [-0.1, -0.05) is 0 Å². The lowest BCUT2D eigenvalue weighted by Gasteiger charge is -2.21. The summed E-state index contributed by atoms with van der Waals surface area (Å²) >= 11 is 3.40. The van der Waals surface area contributed by atoms with Crippen molar-refractivity contribution in [1.82, 2.24) is 0 Å². The molecular weight excluding hydrogens is 262 g/mol. The minimum Gasteiger partial charge on any atom is -0.504 e. The average Bonchev–Trinajstić information content (AvgIpc) is 2.33. The van der Waals surface area contributed by atoms with Crippen LogP contribution in [0.4, 0.5) is 5.69 Å². The quantitative estimate of drug-likeness (QED) is 0.489.